The Kier molecular flexibility index (Phi) is 4.78. The Balaban J connectivity index is 1.24. The van der Waals surface area contributed by atoms with E-state index in [1.807, 2.05) is 19.2 Å². The van der Waals surface area contributed by atoms with E-state index in [0.717, 1.165) is 57.4 Å². The summed E-state index contributed by atoms with van der Waals surface area (Å²) in [7, 11) is 1.83. The normalized spacial score (nSPS) is 39.8. The van der Waals surface area contributed by atoms with Crippen LogP contribution in [0.2, 0.25) is 0 Å². The number of phenolic OH excluding ortho intramolecular Hbond substituents is 1. The molecule has 2 heterocycles. The lowest BCUT2D eigenvalue weighted by molar-refractivity contribution is -0.290. The minimum atomic E-state index is -0.541. The maximum atomic E-state index is 11.9. The number of piperidine rings is 1. The van der Waals surface area contributed by atoms with Gasteiger partial charge < -0.3 is 19.7 Å². The molecule has 2 spiro atoms. The van der Waals surface area contributed by atoms with E-state index in [1.54, 1.807) is 0 Å². The van der Waals surface area contributed by atoms with Crippen LogP contribution < -0.4 is 4.74 Å². The van der Waals surface area contributed by atoms with Crippen LogP contribution in [0, 0.1) is 17.3 Å². The third-order valence-electron chi connectivity index (χ3n) is 11.7. The van der Waals surface area contributed by atoms with E-state index in [0.29, 0.717) is 11.8 Å². The van der Waals surface area contributed by atoms with E-state index in [1.165, 1.54) is 36.1 Å². The van der Waals surface area contributed by atoms with Gasteiger partial charge in [0.1, 0.15) is 11.7 Å². The highest BCUT2D eigenvalue weighted by Crippen LogP contribution is 2.77. The van der Waals surface area contributed by atoms with Gasteiger partial charge in [0.05, 0.1) is 6.10 Å². The average molecular weight is 502 g/mol. The third kappa shape index (κ3) is 2.81. The smallest absolute Gasteiger partial charge is 0.165 e. The summed E-state index contributed by atoms with van der Waals surface area (Å²) in [5, 5.41) is 22.8. The van der Waals surface area contributed by atoms with Crippen LogP contribution in [0.4, 0.5) is 0 Å². The van der Waals surface area contributed by atoms with Crippen molar-refractivity contribution in [3.05, 3.63) is 59.2 Å². The molecule has 2 aromatic rings. The van der Waals surface area contributed by atoms with Gasteiger partial charge in [0.25, 0.3) is 0 Å². The summed E-state index contributed by atoms with van der Waals surface area (Å²) in [6.07, 6.45) is 8.83. The SMILES string of the molecule is CO[C@]12CC[C@@]3(C[C@@H]1[C@H](O)CCc1ccccc1)[C@H]1Cc4ccc(O)c5c4[C@@]3(CCN1CC1CC1)[C@H]2O5. The van der Waals surface area contributed by atoms with Crippen LogP contribution in [0.25, 0.3) is 0 Å². The number of phenols is 1. The van der Waals surface area contributed by atoms with Crippen molar-refractivity contribution in [2.24, 2.45) is 17.3 Å². The molecule has 196 valence electrons. The van der Waals surface area contributed by atoms with Gasteiger partial charge in [-0.3, -0.25) is 4.90 Å². The van der Waals surface area contributed by atoms with Gasteiger partial charge in [-0.25, -0.2) is 0 Å². The topological polar surface area (TPSA) is 62.2 Å². The second kappa shape index (κ2) is 7.74. The fourth-order valence-corrected chi connectivity index (χ4v) is 10.1. The van der Waals surface area contributed by atoms with Crippen molar-refractivity contribution in [1.29, 1.82) is 0 Å². The van der Waals surface area contributed by atoms with Crippen molar-refractivity contribution in [2.45, 2.75) is 87.1 Å². The molecule has 4 saturated carbocycles. The van der Waals surface area contributed by atoms with Crippen molar-refractivity contribution < 1.29 is 19.7 Å². The molecule has 0 amide bonds. The Morgan fingerprint density at radius 2 is 1.95 bits per heavy atom. The molecule has 9 rings (SSSR count). The highest BCUT2D eigenvalue weighted by atomic mass is 16.6. The zero-order valence-corrected chi connectivity index (χ0v) is 21.9. The molecule has 5 aliphatic carbocycles. The van der Waals surface area contributed by atoms with Gasteiger partial charge in [-0.05, 0) is 87.4 Å². The number of ether oxygens (including phenoxy) is 2. The van der Waals surface area contributed by atoms with E-state index in [2.05, 4.69) is 35.2 Å². The zero-order chi connectivity index (χ0) is 25.0. The Morgan fingerprint density at radius 1 is 1.11 bits per heavy atom. The Hall–Kier alpha value is -2.08. The first kappa shape index (κ1) is 22.9. The van der Waals surface area contributed by atoms with Gasteiger partial charge in [-0.1, -0.05) is 36.4 Å². The molecule has 37 heavy (non-hydrogen) atoms. The van der Waals surface area contributed by atoms with E-state index in [4.69, 9.17) is 9.47 Å². The summed E-state index contributed by atoms with van der Waals surface area (Å²) >= 11 is 0. The maximum Gasteiger partial charge on any atom is 0.165 e. The number of hydrogen-bond acceptors (Lipinski definition) is 5. The van der Waals surface area contributed by atoms with Crippen LogP contribution in [-0.2, 0) is 23.0 Å². The molecule has 5 fully saturated rings. The molecule has 4 bridgehead atoms. The van der Waals surface area contributed by atoms with Gasteiger partial charge in [0.2, 0.25) is 0 Å². The summed E-state index contributed by atoms with van der Waals surface area (Å²) in [4.78, 5) is 2.83. The quantitative estimate of drug-likeness (QED) is 0.580. The van der Waals surface area contributed by atoms with Crippen LogP contribution in [-0.4, -0.2) is 59.2 Å². The number of benzene rings is 2. The number of aromatic hydroxyl groups is 1. The van der Waals surface area contributed by atoms with Crippen molar-refractivity contribution in [3.8, 4) is 11.5 Å². The molecule has 2 N–H and O–H groups in total. The number of aliphatic hydroxyl groups excluding tert-OH is 1. The molecule has 0 radical (unpaired) electrons. The van der Waals surface area contributed by atoms with Crippen LogP contribution >= 0.6 is 0 Å². The first-order chi connectivity index (χ1) is 18.0. The molecule has 2 aliphatic heterocycles. The molecule has 5 nitrogen and oxygen atoms in total. The largest absolute Gasteiger partial charge is 0.504 e. The summed E-state index contributed by atoms with van der Waals surface area (Å²) in [5.41, 5.74) is 3.30. The second-order valence-electron chi connectivity index (χ2n) is 13.0. The summed E-state index contributed by atoms with van der Waals surface area (Å²) in [6, 6.07) is 15.0. The minimum Gasteiger partial charge on any atom is -0.504 e. The molecular weight excluding hydrogens is 462 g/mol. The monoisotopic (exact) mass is 501 g/mol. The number of hydrogen-bond donors (Lipinski definition) is 2. The number of aliphatic hydroxyl groups is 1. The number of likely N-dealkylation sites (tertiary alicyclic amines) is 1. The first-order valence-corrected chi connectivity index (χ1v) is 14.6. The average Bonchev–Trinajstić information content (AvgIpc) is 3.67. The van der Waals surface area contributed by atoms with Gasteiger partial charge >= 0.3 is 0 Å². The lowest BCUT2D eigenvalue weighted by Gasteiger charge is -2.74. The van der Waals surface area contributed by atoms with Crippen LogP contribution in [0.15, 0.2) is 42.5 Å². The lowest BCUT2D eigenvalue weighted by atomic mass is 9.34. The zero-order valence-electron chi connectivity index (χ0n) is 21.9. The minimum absolute atomic E-state index is 0.0227. The Labute approximate surface area is 219 Å². The van der Waals surface area contributed by atoms with E-state index in [9.17, 15) is 10.2 Å². The summed E-state index contributed by atoms with van der Waals surface area (Å²) in [5.74, 6) is 1.86. The number of nitrogens with zero attached hydrogens (tertiary/aromatic N) is 1. The van der Waals surface area contributed by atoms with Crippen LogP contribution in [0.5, 0.6) is 11.5 Å². The fraction of sp³-hybridized carbons (Fsp3) is 0.625. The van der Waals surface area contributed by atoms with Crippen molar-refractivity contribution in [3.63, 3.8) is 0 Å². The molecule has 7 atom stereocenters. The van der Waals surface area contributed by atoms with Gasteiger partial charge in [-0.2, -0.15) is 0 Å². The van der Waals surface area contributed by atoms with Crippen LogP contribution in [0.1, 0.15) is 61.6 Å². The van der Waals surface area contributed by atoms with E-state index >= 15 is 0 Å². The standard InChI is InChI=1S/C32H39NO4/c1-36-32-14-13-30(18-23(32)24(34)11-9-20-5-3-2-4-6-20)26-17-22-10-12-25(35)28-27(22)31(30,29(32)37-28)15-16-33(26)19-21-7-8-21/h2-6,10,12,21,23-24,26,29,34-35H,7-9,11,13-19H2,1H3/t23-,24-,26-,29-,30-,31+,32-/m1/s1. The number of fused-ring (bicyclic) bond motifs is 2. The highest BCUT2D eigenvalue weighted by molar-refractivity contribution is 5.63. The Bertz CT molecular complexity index is 1230. The van der Waals surface area contributed by atoms with E-state index in [-0.39, 0.29) is 28.6 Å². The van der Waals surface area contributed by atoms with Crippen molar-refractivity contribution in [2.75, 3.05) is 20.2 Å². The summed E-state index contributed by atoms with van der Waals surface area (Å²) < 4.78 is 13.5. The molecule has 2 aromatic carbocycles. The molecule has 5 heteroatoms. The summed E-state index contributed by atoms with van der Waals surface area (Å²) in [6.45, 7) is 2.31. The third-order valence-corrected chi connectivity index (χ3v) is 11.7. The Morgan fingerprint density at radius 3 is 2.73 bits per heavy atom. The lowest BCUT2D eigenvalue weighted by Crippen LogP contribution is -2.81. The predicted octanol–water partition coefficient (Wildman–Crippen LogP) is 4.61. The molecule has 0 unspecified atom stereocenters. The molecular formula is C32H39NO4. The maximum absolute atomic E-state index is 11.9. The molecule has 1 saturated heterocycles. The molecule has 0 aromatic heterocycles. The predicted molar refractivity (Wildman–Crippen MR) is 141 cm³/mol. The first-order valence-electron chi connectivity index (χ1n) is 14.6. The van der Waals surface area contributed by atoms with Gasteiger partial charge in [-0.15, -0.1) is 0 Å². The van der Waals surface area contributed by atoms with Gasteiger partial charge in [0.15, 0.2) is 11.5 Å². The van der Waals surface area contributed by atoms with E-state index < -0.39 is 11.7 Å². The van der Waals surface area contributed by atoms with Crippen molar-refractivity contribution in [1.82, 2.24) is 4.90 Å². The number of aryl methyl sites for hydroxylation is 1. The molecule has 7 aliphatic rings. The number of methoxy groups -OCH3 is 1. The van der Waals surface area contributed by atoms with Crippen molar-refractivity contribution >= 4 is 0 Å². The number of rotatable bonds is 7. The second-order valence-corrected chi connectivity index (χ2v) is 13.0. The van der Waals surface area contributed by atoms with Crippen LogP contribution in [0.3, 0.4) is 0 Å². The van der Waals surface area contributed by atoms with Gasteiger partial charge in [0, 0.05) is 42.0 Å². The highest BCUT2D eigenvalue weighted by Gasteiger charge is 2.81. The fourth-order valence-electron chi connectivity index (χ4n) is 10.1.